The summed E-state index contributed by atoms with van der Waals surface area (Å²) in [5.41, 5.74) is 8.11. The number of anilines is 1. The first-order chi connectivity index (χ1) is 8.25. The number of benzene rings is 1. The van der Waals surface area contributed by atoms with Gasteiger partial charge in [-0.05, 0) is 35.4 Å². The predicted molar refractivity (Wildman–Crippen MR) is 76.6 cm³/mol. The molecule has 0 unspecified atom stereocenters. The lowest BCUT2D eigenvalue weighted by molar-refractivity contribution is 0.983. The van der Waals surface area contributed by atoms with Gasteiger partial charge < -0.3 is 5.73 Å². The van der Waals surface area contributed by atoms with Crippen LogP contribution in [0.2, 0.25) is 0 Å². The molecule has 1 aliphatic rings. The Labute approximate surface area is 114 Å². The van der Waals surface area contributed by atoms with E-state index in [2.05, 4.69) is 32.6 Å². The van der Waals surface area contributed by atoms with Gasteiger partial charge in [-0.1, -0.05) is 30.3 Å². The SMILES string of the molecule is Nc1nc(-c2ccccc2)nc(C2CC2)c1I. The van der Waals surface area contributed by atoms with Gasteiger partial charge in [0.15, 0.2) is 5.82 Å². The Morgan fingerprint density at radius 3 is 2.47 bits per heavy atom. The van der Waals surface area contributed by atoms with E-state index in [9.17, 15) is 0 Å². The summed E-state index contributed by atoms with van der Waals surface area (Å²) < 4.78 is 1.02. The van der Waals surface area contributed by atoms with Gasteiger partial charge in [-0.2, -0.15) is 0 Å². The Kier molecular flexibility index (Phi) is 2.74. The minimum atomic E-state index is 0.592. The van der Waals surface area contributed by atoms with Gasteiger partial charge in [0.1, 0.15) is 5.82 Å². The van der Waals surface area contributed by atoms with Gasteiger partial charge in [0, 0.05) is 11.5 Å². The van der Waals surface area contributed by atoms with E-state index in [1.165, 1.54) is 12.8 Å². The molecule has 1 aliphatic carbocycles. The summed E-state index contributed by atoms with van der Waals surface area (Å²) >= 11 is 2.25. The average molecular weight is 337 g/mol. The van der Waals surface area contributed by atoms with Crippen LogP contribution in [0.4, 0.5) is 5.82 Å². The summed E-state index contributed by atoms with van der Waals surface area (Å²) in [6, 6.07) is 9.99. The molecule has 0 aliphatic heterocycles. The van der Waals surface area contributed by atoms with Gasteiger partial charge in [-0.3, -0.25) is 0 Å². The number of aromatic nitrogens is 2. The number of nitrogens with zero attached hydrogens (tertiary/aromatic N) is 2. The molecule has 1 aromatic heterocycles. The number of nitrogens with two attached hydrogens (primary N) is 1. The maximum atomic E-state index is 5.97. The van der Waals surface area contributed by atoms with Gasteiger partial charge in [-0.25, -0.2) is 9.97 Å². The topological polar surface area (TPSA) is 51.8 Å². The highest BCUT2D eigenvalue weighted by atomic mass is 127. The van der Waals surface area contributed by atoms with Crippen molar-refractivity contribution >= 4 is 28.4 Å². The first-order valence-corrected chi connectivity index (χ1v) is 6.72. The minimum absolute atomic E-state index is 0.592. The van der Waals surface area contributed by atoms with Crippen molar-refractivity contribution in [2.75, 3.05) is 5.73 Å². The van der Waals surface area contributed by atoms with Crippen LogP contribution in [-0.2, 0) is 0 Å². The van der Waals surface area contributed by atoms with Crippen LogP contribution >= 0.6 is 22.6 Å². The van der Waals surface area contributed by atoms with Crippen LogP contribution in [0.1, 0.15) is 24.5 Å². The smallest absolute Gasteiger partial charge is 0.161 e. The van der Waals surface area contributed by atoms with Gasteiger partial charge in [0.05, 0.1) is 9.26 Å². The molecule has 3 nitrogen and oxygen atoms in total. The molecular formula is C13H12IN3. The highest BCUT2D eigenvalue weighted by Crippen LogP contribution is 2.42. The van der Waals surface area contributed by atoms with Crippen molar-refractivity contribution in [3.8, 4) is 11.4 Å². The summed E-state index contributed by atoms with van der Waals surface area (Å²) in [6.45, 7) is 0. The lowest BCUT2D eigenvalue weighted by atomic mass is 10.2. The number of halogens is 1. The van der Waals surface area contributed by atoms with Crippen molar-refractivity contribution in [2.45, 2.75) is 18.8 Å². The molecule has 1 aromatic carbocycles. The van der Waals surface area contributed by atoms with E-state index in [4.69, 9.17) is 5.73 Å². The molecule has 2 N–H and O–H groups in total. The molecular weight excluding hydrogens is 325 g/mol. The third kappa shape index (κ3) is 2.13. The van der Waals surface area contributed by atoms with Crippen LogP contribution in [0.5, 0.6) is 0 Å². The van der Waals surface area contributed by atoms with Gasteiger partial charge in [0.2, 0.25) is 0 Å². The zero-order chi connectivity index (χ0) is 11.8. The molecule has 3 rings (SSSR count). The third-order valence-corrected chi connectivity index (χ3v) is 4.00. The fraction of sp³-hybridized carbons (Fsp3) is 0.231. The second-order valence-electron chi connectivity index (χ2n) is 4.27. The average Bonchev–Trinajstić information content (AvgIpc) is 3.18. The van der Waals surface area contributed by atoms with Crippen LogP contribution in [0.15, 0.2) is 30.3 Å². The summed E-state index contributed by atoms with van der Waals surface area (Å²) in [4.78, 5) is 9.04. The molecule has 0 amide bonds. The Balaban J connectivity index is 2.12. The van der Waals surface area contributed by atoms with Crippen LogP contribution < -0.4 is 5.73 Å². The summed E-state index contributed by atoms with van der Waals surface area (Å²) in [5, 5.41) is 0. The van der Waals surface area contributed by atoms with Gasteiger partial charge in [0.25, 0.3) is 0 Å². The van der Waals surface area contributed by atoms with Crippen LogP contribution in [0, 0.1) is 3.57 Å². The second kappa shape index (κ2) is 4.25. The summed E-state index contributed by atoms with van der Waals surface area (Å²) in [7, 11) is 0. The van der Waals surface area contributed by atoms with E-state index < -0.39 is 0 Å². The van der Waals surface area contributed by atoms with E-state index in [-0.39, 0.29) is 0 Å². The predicted octanol–water partition coefficient (Wildman–Crippen LogP) is 3.21. The molecule has 0 bridgehead atoms. The monoisotopic (exact) mass is 337 g/mol. The van der Waals surface area contributed by atoms with E-state index in [1.807, 2.05) is 30.3 Å². The normalized spacial score (nSPS) is 14.9. The first kappa shape index (κ1) is 11.0. The largest absolute Gasteiger partial charge is 0.383 e. The zero-order valence-electron chi connectivity index (χ0n) is 9.23. The molecule has 1 fully saturated rings. The molecule has 0 atom stereocenters. The fourth-order valence-electron chi connectivity index (χ4n) is 1.83. The van der Waals surface area contributed by atoms with E-state index >= 15 is 0 Å². The van der Waals surface area contributed by atoms with Gasteiger partial charge >= 0.3 is 0 Å². The van der Waals surface area contributed by atoms with Crippen molar-refractivity contribution in [1.29, 1.82) is 0 Å². The molecule has 86 valence electrons. The van der Waals surface area contributed by atoms with Crippen LogP contribution in [0.3, 0.4) is 0 Å². The van der Waals surface area contributed by atoms with Gasteiger partial charge in [-0.15, -0.1) is 0 Å². The van der Waals surface area contributed by atoms with E-state index in [0.717, 1.165) is 20.7 Å². The highest BCUT2D eigenvalue weighted by molar-refractivity contribution is 14.1. The molecule has 17 heavy (non-hydrogen) atoms. The Bertz CT molecular complexity index is 550. The maximum absolute atomic E-state index is 5.97. The van der Waals surface area contributed by atoms with Crippen molar-refractivity contribution in [3.05, 3.63) is 39.6 Å². The fourth-order valence-corrected chi connectivity index (χ4v) is 2.51. The van der Waals surface area contributed by atoms with Crippen LogP contribution in [0.25, 0.3) is 11.4 Å². The third-order valence-electron chi connectivity index (χ3n) is 2.90. The highest BCUT2D eigenvalue weighted by Gasteiger charge is 2.29. The molecule has 1 saturated carbocycles. The standard InChI is InChI=1S/C13H12IN3/c14-10-11(8-6-7-8)16-13(17-12(10)15)9-4-2-1-3-5-9/h1-5,8H,6-7H2,(H2,15,16,17). The Morgan fingerprint density at radius 1 is 1.12 bits per heavy atom. The number of hydrogen-bond donors (Lipinski definition) is 1. The number of nitrogen functional groups attached to an aromatic ring is 1. The zero-order valence-corrected chi connectivity index (χ0v) is 11.4. The van der Waals surface area contributed by atoms with Crippen molar-refractivity contribution in [1.82, 2.24) is 9.97 Å². The van der Waals surface area contributed by atoms with Crippen molar-refractivity contribution in [3.63, 3.8) is 0 Å². The first-order valence-electron chi connectivity index (χ1n) is 5.64. The van der Waals surface area contributed by atoms with E-state index in [1.54, 1.807) is 0 Å². The van der Waals surface area contributed by atoms with Crippen molar-refractivity contribution < 1.29 is 0 Å². The molecule has 0 saturated heterocycles. The molecule has 4 heteroatoms. The minimum Gasteiger partial charge on any atom is -0.383 e. The van der Waals surface area contributed by atoms with E-state index in [0.29, 0.717) is 11.7 Å². The molecule has 1 heterocycles. The Morgan fingerprint density at radius 2 is 1.82 bits per heavy atom. The maximum Gasteiger partial charge on any atom is 0.161 e. The quantitative estimate of drug-likeness (QED) is 0.857. The summed E-state index contributed by atoms with van der Waals surface area (Å²) in [5.74, 6) is 1.93. The second-order valence-corrected chi connectivity index (χ2v) is 5.35. The lowest BCUT2D eigenvalue weighted by Gasteiger charge is -2.08. The Hall–Kier alpha value is -1.17. The number of hydrogen-bond acceptors (Lipinski definition) is 3. The van der Waals surface area contributed by atoms with Crippen molar-refractivity contribution in [2.24, 2.45) is 0 Å². The van der Waals surface area contributed by atoms with Crippen LogP contribution in [-0.4, -0.2) is 9.97 Å². The molecule has 0 spiro atoms. The molecule has 2 aromatic rings. The number of rotatable bonds is 2. The lowest BCUT2D eigenvalue weighted by Crippen LogP contribution is -2.04. The molecule has 0 radical (unpaired) electrons. The summed E-state index contributed by atoms with van der Waals surface area (Å²) in [6.07, 6.45) is 2.45.